The van der Waals surface area contributed by atoms with E-state index in [-0.39, 0.29) is 0 Å². The Kier molecular flexibility index (Phi) is 4.64. The molecule has 1 rings (SSSR count). The Bertz CT molecular complexity index is 162. The molecule has 1 heterocycles. The first-order valence-electron chi connectivity index (χ1n) is 5.10. The van der Waals surface area contributed by atoms with Crippen molar-refractivity contribution < 1.29 is 0 Å². The molecule has 1 fully saturated rings. The minimum absolute atomic E-state index is 0.747. The summed E-state index contributed by atoms with van der Waals surface area (Å²) in [6, 6.07) is 0. The lowest BCUT2D eigenvalue weighted by Gasteiger charge is -2.18. The van der Waals surface area contributed by atoms with Crippen LogP contribution in [0.1, 0.15) is 26.7 Å². The summed E-state index contributed by atoms with van der Waals surface area (Å²) in [5.41, 5.74) is 0. The molecule has 2 nitrogen and oxygen atoms in total. The summed E-state index contributed by atoms with van der Waals surface area (Å²) in [6.07, 6.45) is 2.55. The zero-order valence-corrected chi connectivity index (χ0v) is 9.49. The first kappa shape index (κ1) is 10.9. The average Bonchev–Trinajstić information content (AvgIpc) is 2.55. The molecule has 0 bridgehead atoms. The second-order valence-electron chi connectivity index (χ2n) is 4.05. The van der Waals surface area contributed by atoms with E-state index in [1.807, 2.05) is 11.8 Å². The van der Waals surface area contributed by atoms with Crippen molar-refractivity contribution in [3.8, 4) is 0 Å². The molecular weight excluding hydrogens is 180 g/mol. The van der Waals surface area contributed by atoms with Crippen LogP contribution >= 0.6 is 11.8 Å². The zero-order valence-electron chi connectivity index (χ0n) is 8.68. The van der Waals surface area contributed by atoms with Gasteiger partial charge in [0.2, 0.25) is 0 Å². The Balaban J connectivity index is 2.10. The van der Waals surface area contributed by atoms with E-state index in [9.17, 15) is 0 Å². The van der Waals surface area contributed by atoms with Crippen LogP contribution in [0.3, 0.4) is 0 Å². The van der Waals surface area contributed by atoms with Gasteiger partial charge in [0.15, 0.2) is 0 Å². The number of thioether (sulfide) groups is 1. The van der Waals surface area contributed by atoms with E-state index < -0.39 is 0 Å². The normalized spacial score (nSPS) is 17.0. The Morgan fingerprint density at radius 1 is 1.38 bits per heavy atom. The van der Waals surface area contributed by atoms with Crippen molar-refractivity contribution >= 4 is 17.6 Å². The highest BCUT2D eigenvalue weighted by Crippen LogP contribution is 2.12. The van der Waals surface area contributed by atoms with Gasteiger partial charge >= 0.3 is 0 Å². The van der Waals surface area contributed by atoms with Gasteiger partial charge in [-0.3, -0.25) is 5.41 Å². The van der Waals surface area contributed by atoms with E-state index in [4.69, 9.17) is 5.41 Å². The Morgan fingerprint density at radius 2 is 2.00 bits per heavy atom. The molecule has 1 aliphatic rings. The molecule has 0 atom stereocenters. The number of amidine groups is 1. The predicted molar refractivity (Wildman–Crippen MR) is 60.7 cm³/mol. The topological polar surface area (TPSA) is 27.1 Å². The third-order valence-electron chi connectivity index (χ3n) is 2.18. The summed E-state index contributed by atoms with van der Waals surface area (Å²) in [4.78, 5) is 2.22. The van der Waals surface area contributed by atoms with Gasteiger partial charge in [-0.25, -0.2) is 0 Å². The highest BCUT2D eigenvalue weighted by atomic mass is 32.2. The van der Waals surface area contributed by atoms with Crippen LogP contribution < -0.4 is 0 Å². The fraction of sp³-hybridized carbons (Fsp3) is 0.900. The minimum Gasteiger partial charge on any atom is -0.360 e. The first-order chi connectivity index (χ1) is 6.20. The third-order valence-corrected chi connectivity index (χ3v) is 3.56. The second-order valence-corrected chi connectivity index (χ2v) is 5.08. The van der Waals surface area contributed by atoms with Gasteiger partial charge in [0.25, 0.3) is 0 Å². The van der Waals surface area contributed by atoms with Crippen molar-refractivity contribution in [2.24, 2.45) is 5.92 Å². The number of nitrogens with one attached hydrogen (secondary N) is 1. The van der Waals surface area contributed by atoms with Crippen LogP contribution in [-0.2, 0) is 0 Å². The van der Waals surface area contributed by atoms with Crippen LogP contribution in [0.25, 0.3) is 0 Å². The SMILES string of the molecule is CC(C)CSCC(=N)N1CCCC1. The van der Waals surface area contributed by atoms with Gasteiger partial charge in [-0.2, -0.15) is 11.8 Å². The van der Waals surface area contributed by atoms with Gasteiger partial charge in [-0.15, -0.1) is 0 Å². The molecule has 0 aromatic rings. The van der Waals surface area contributed by atoms with E-state index in [1.165, 1.54) is 18.6 Å². The van der Waals surface area contributed by atoms with Crippen molar-refractivity contribution in [2.45, 2.75) is 26.7 Å². The molecule has 0 amide bonds. The molecule has 0 aliphatic carbocycles. The maximum atomic E-state index is 7.84. The second kappa shape index (κ2) is 5.53. The minimum atomic E-state index is 0.747. The van der Waals surface area contributed by atoms with E-state index >= 15 is 0 Å². The molecule has 1 saturated heterocycles. The molecule has 13 heavy (non-hydrogen) atoms. The van der Waals surface area contributed by atoms with Crippen LogP contribution in [0.2, 0.25) is 0 Å². The fourth-order valence-corrected chi connectivity index (χ4v) is 2.43. The van der Waals surface area contributed by atoms with Gasteiger partial charge < -0.3 is 4.90 Å². The number of hydrogen-bond acceptors (Lipinski definition) is 2. The molecular formula is C10H20N2S. The zero-order chi connectivity index (χ0) is 9.68. The predicted octanol–water partition coefficient (Wildman–Crippen LogP) is 2.45. The molecule has 0 radical (unpaired) electrons. The van der Waals surface area contributed by atoms with Gasteiger partial charge in [0.05, 0.1) is 5.75 Å². The van der Waals surface area contributed by atoms with Crippen molar-refractivity contribution in [1.29, 1.82) is 5.41 Å². The number of rotatable bonds is 4. The quantitative estimate of drug-likeness (QED) is 0.557. The standard InChI is InChI=1S/C10H20N2S/c1-9(2)7-13-8-10(11)12-5-3-4-6-12/h9,11H,3-8H2,1-2H3. The van der Waals surface area contributed by atoms with Gasteiger partial charge in [-0.1, -0.05) is 13.8 Å². The van der Waals surface area contributed by atoms with Crippen LogP contribution in [-0.4, -0.2) is 35.3 Å². The molecule has 0 saturated carbocycles. The molecule has 0 aromatic carbocycles. The Hall–Kier alpha value is -0.180. The van der Waals surface area contributed by atoms with Gasteiger partial charge in [0, 0.05) is 13.1 Å². The van der Waals surface area contributed by atoms with Gasteiger partial charge in [-0.05, 0) is 24.5 Å². The number of nitrogens with zero attached hydrogens (tertiary/aromatic N) is 1. The summed E-state index contributed by atoms with van der Waals surface area (Å²) in [5, 5.41) is 7.84. The van der Waals surface area contributed by atoms with Crippen molar-refractivity contribution in [3.05, 3.63) is 0 Å². The summed E-state index contributed by atoms with van der Waals surface area (Å²) < 4.78 is 0. The summed E-state index contributed by atoms with van der Waals surface area (Å²) in [6.45, 7) is 6.68. The van der Waals surface area contributed by atoms with Crippen LogP contribution in [0, 0.1) is 11.3 Å². The van der Waals surface area contributed by atoms with Crippen molar-refractivity contribution in [3.63, 3.8) is 0 Å². The lowest BCUT2D eigenvalue weighted by molar-refractivity contribution is 0.514. The molecule has 0 aromatic heterocycles. The number of hydrogen-bond donors (Lipinski definition) is 1. The molecule has 0 spiro atoms. The van der Waals surface area contributed by atoms with Crippen LogP contribution in [0.15, 0.2) is 0 Å². The van der Waals surface area contributed by atoms with Crippen LogP contribution in [0.4, 0.5) is 0 Å². The molecule has 76 valence electrons. The van der Waals surface area contributed by atoms with Gasteiger partial charge in [0.1, 0.15) is 5.84 Å². The molecule has 0 unspecified atom stereocenters. The van der Waals surface area contributed by atoms with E-state index in [1.54, 1.807) is 0 Å². The lowest BCUT2D eigenvalue weighted by Crippen LogP contribution is -2.28. The fourth-order valence-electron chi connectivity index (χ4n) is 1.47. The lowest BCUT2D eigenvalue weighted by atomic mass is 10.3. The summed E-state index contributed by atoms with van der Waals surface area (Å²) in [5.74, 6) is 3.66. The van der Waals surface area contributed by atoms with Crippen molar-refractivity contribution in [2.75, 3.05) is 24.6 Å². The third kappa shape index (κ3) is 4.03. The maximum absolute atomic E-state index is 7.84. The summed E-state index contributed by atoms with van der Waals surface area (Å²) >= 11 is 1.89. The van der Waals surface area contributed by atoms with Crippen LogP contribution in [0.5, 0.6) is 0 Å². The van der Waals surface area contributed by atoms with E-state index in [0.29, 0.717) is 0 Å². The number of likely N-dealkylation sites (tertiary alicyclic amines) is 1. The van der Waals surface area contributed by atoms with E-state index in [2.05, 4.69) is 18.7 Å². The Morgan fingerprint density at radius 3 is 2.54 bits per heavy atom. The van der Waals surface area contributed by atoms with E-state index in [0.717, 1.165) is 30.6 Å². The van der Waals surface area contributed by atoms with Crippen molar-refractivity contribution in [1.82, 2.24) is 4.90 Å². The molecule has 3 heteroatoms. The molecule has 1 aliphatic heterocycles. The monoisotopic (exact) mass is 200 g/mol. The molecule has 1 N–H and O–H groups in total. The average molecular weight is 200 g/mol. The Labute approximate surface area is 85.6 Å². The summed E-state index contributed by atoms with van der Waals surface area (Å²) in [7, 11) is 0. The highest BCUT2D eigenvalue weighted by Gasteiger charge is 2.14. The first-order valence-corrected chi connectivity index (χ1v) is 6.25. The highest BCUT2D eigenvalue weighted by molar-refractivity contribution is 7.99. The maximum Gasteiger partial charge on any atom is 0.106 e. The smallest absolute Gasteiger partial charge is 0.106 e. The largest absolute Gasteiger partial charge is 0.360 e.